The lowest BCUT2D eigenvalue weighted by Crippen LogP contribution is -1.85. The number of rotatable bonds is 5. The summed E-state index contributed by atoms with van der Waals surface area (Å²) in [5, 5.41) is 0. The normalized spacial score (nSPS) is 12.1. The number of aromatic amines is 1. The number of imidazole rings is 1. The fourth-order valence-corrected chi connectivity index (χ4v) is 3.14. The fraction of sp³-hybridized carbons (Fsp3) is 0.174. The first-order valence-corrected chi connectivity index (χ1v) is 8.74. The highest BCUT2D eigenvalue weighted by Crippen LogP contribution is 2.32. The Morgan fingerprint density at radius 2 is 1.77 bits per heavy atom. The molecule has 0 saturated heterocycles. The van der Waals surface area contributed by atoms with Gasteiger partial charge in [-0.3, -0.25) is 0 Å². The van der Waals surface area contributed by atoms with E-state index in [-0.39, 0.29) is 0 Å². The lowest BCUT2D eigenvalue weighted by Gasteiger charge is -2.06. The van der Waals surface area contributed by atoms with Crippen molar-refractivity contribution in [1.29, 1.82) is 0 Å². The monoisotopic (exact) mass is 344 g/mol. The van der Waals surface area contributed by atoms with E-state index in [2.05, 4.69) is 43.6 Å². The highest BCUT2D eigenvalue weighted by Gasteiger charge is 2.15. The molecule has 2 aromatic heterocycles. The van der Waals surface area contributed by atoms with Gasteiger partial charge in [-0.2, -0.15) is 0 Å². The van der Waals surface area contributed by atoms with Crippen molar-refractivity contribution in [3.63, 3.8) is 0 Å². The highest BCUT2D eigenvalue weighted by molar-refractivity contribution is 5.75. The van der Waals surface area contributed by atoms with Crippen LogP contribution in [0.25, 0.3) is 28.5 Å². The van der Waals surface area contributed by atoms with E-state index in [9.17, 15) is 0 Å². The van der Waals surface area contributed by atoms with Crippen LogP contribution in [-0.4, -0.2) is 9.97 Å². The predicted octanol–water partition coefficient (Wildman–Crippen LogP) is 6.41. The number of hydrogen-bond donors (Lipinski definition) is 1. The molecule has 3 nitrogen and oxygen atoms in total. The van der Waals surface area contributed by atoms with Gasteiger partial charge in [0.15, 0.2) is 11.6 Å². The van der Waals surface area contributed by atoms with Crippen LogP contribution >= 0.6 is 0 Å². The number of hydrogen-bond acceptors (Lipinski definition) is 2. The van der Waals surface area contributed by atoms with Gasteiger partial charge in [-0.25, -0.2) is 4.98 Å². The second kappa shape index (κ2) is 7.44. The minimum absolute atomic E-state index is 0.736. The molecule has 0 fully saturated rings. The third kappa shape index (κ3) is 3.33. The summed E-state index contributed by atoms with van der Waals surface area (Å²) in [6, 6.07) is 10.2. The minimum Gasteiger partial charge on any atom is -0.453 e. The molecule has 0 aliphatic carbocycles. The first kappa shape index (κ1) is 17.7. The molecule has 0 aliphatic heterocycles. The summed E-state index contributed by atoms with van der Waals surface area (Å²) < 4.78 is 6.13. The van der Waals surface area contributed by atoms with Crippen molar-refractivity contribution in [3.8, 4) is 22.9 Å². The van der Waals surface area contributed by atoms with Crippen LogP contribution in [0.1, 0.15) is 29.4 Å². The summed E-state index contributed by atoms with van der Waals surface area (Å²) in [4.78, 5) is 8.09. The van der Waals surface area contributed by atoms with Gasteiger partial charge in [0.05, 0.1) is 5.69 Å². The van der Waals surface area contributed by atoms with Gasteiger partial charge in [-0.1, -0.05) is 49.1 Å². The summed E-state index contributed by atoms with van der Waals surface area (Å²) >= 11 is 0. The fourth-order valence-electron chi connectivity index (χ4n) is 3.14. The van der Waals surface area contributed by atoms with Crippen LogP contribution in [-0.2, 0) is 0 Å². The Morgan fingerprint density at radius 1 is 1.08 bits per heavy atom. The molecule has 0 unspecified atom stereocenters. The third-order valence-electron chi connectivity index (χ3n) is 4.45. The molecule has 0 spiro atoms. The smallest absolute Gasteiger partial charge is 0.174 e. The maximum Gasteiger partial charge on any atom is 0.174 e. The maximum absolute atomic E-state index is 6.13. The number of benzene rings is 1. The SMILES string of the molecule is C=C/C=C\C(=C/C)c1nc(-c2ccc(-c3c(C)cccc3C)o2)[nH]c1C. The van der Waals surface area contributed by atoms with Gasteiger partial charge in [0.1, 0.15) is 5.76 Å². The molecule has 132 valence electrons. The molecular formula is C23H24N2O. The zero-order chi connectivity index (χ0) is 18.7. The van der Waals surface area contributed by atoms with Crippen LogP contribution < -0.4 is 0 Å². The van der Waals surface area contributed by atoms with Crippen molar-refractivity contribution in [2.75, 3.05) is 0 Å². The Balaban J connectivity index is 2.00. The molecule has 1 aromatic carbocycles. The Morgan fingerprint density at radius 3 is 2.42 bits per heavy atom. The summed E-state index contributed by atoms with van der Waals surface area (Å²) in [7, 11) is 0. The van der Waals surface area contributed by atoms with Crippen LogP contribution in [0.5, 0.6) is 0 Å². The van der Waals surface area contributed by atoms with Crippen LogP contribution in [0.4, 0.5) is 0 Å². The molecule has 1 N–H and O–H groups in total. The summed E-state index contributed by atoms with van der Waals surface area (Å²) in [6.07, 6.45) is 7.71. The highest BCUT2D eigenvalue weighted by atomic mass is 16.3. The number of aromatic nitrogens is 2. The van der Waals surface area contributed by atoms with E-state index in [0.717, 1.165) is 39.9 Å². The molecule has 3 aromatic rings. The van der Waals surface area contributed by atoms with Crippen molar-refractivity contribution in [3.05, 3.63) is 83.7 Å². The zero-order valence-corrected chi connectivity index (χ0v) is 15.8. The van der Waals surface area contributed by atoms with Gasteiger partial charge in [0, 0.05) is 11.3 Å². The van der Waals surface area contributed by atoms with E-state index < -0.39 is 0 Å². The van der Waals surface area contributed by atoms with Gasteiger partial charge in [0.2, 0.25) is 0 Å². The summed E-state index contributed by atoms with van der Waals surface area (Å²) in [5.74, 6) is 2.34. The number of furan rings is 1. The van der Waals surface area contributed by atoms with Gasteiger partial charge in [0.25, 0.3) is 0 Å². The van der Waals surface area contributed by atoms with Gasteiger partial charge >= 0.3 is 0 Å². The molecule has 0 bridgehead atoms. The number of aryl methyl sites for hydroxylation is 3. The summed E-state index contributed by atoms with van der Waals surface area (Å²) in [5.41, 5.74) is 6.52. The second-order valence-electron chi connectivity index (χ2n) is 6.33. The Kier molecular flexibility index (Phi) is 5.08. The van der Waals surface area contributed by atoms with E-state index in [1.165, 1.54) is 11.1 Å². The standard InChI is InChI=1S/C23H24N2O/c1-6-8-12-18(7-2)22-17(5)24-23(25-22)20-14-13-19(26-20)21-15(3)10-9-11-16(21)4/h6-14H,1H2,2-5H3,(H,24,25)/b12-8-,18-7+. The van der Waals surface area contributed by atoms with E-state index in [0.29, 0.717) is 0 Å². The van der Waals surface area contributed by atoms with Crippen molar-refractivity contribution in [2.45, 2.75) is 27.7 Å². The molecule has 0 atom stereocenters. The molecule has 0 aliphatic rings. The van der Waals surface area contributed by atoms with Crippen molar-refractivity contribution < 1.29 is 4.42 Å². The zero-order valence-electron chi connectivity index (χ0n) is 15.8. The van der Waals surface area contributed by atoms with E-state index in [1.54, 1.807) is 6.08 Å². The second-order valence-corrected chi connectivity index (χ2v) is 6.33. The largest absolute Gasteiger partial charge is 0.453 e. The molecule has 26 heavy (non-hydrogen) atoms. The van der Waals surface area contributed by atoms with E-state index in [1.807, 2.05) is 44.2 Å². The minimum atomic E-state index is 0.736. The van der Waals surface area contributed by atoms with Gasteiger partial charge in [-0.15, -0.1) is 0 Å². The Labute approximate surface area is 154 Å². The number of H-pyrrole nitrogens is 1. The molecule has 0 radical (unpaired) electrons. The Hall–Kier alpha value is -3.07. The maximum atomic E-state index is 6.13. The Bertz CT molecular complexity index is 979. The van der Waals surface area contributed by atoms with Crippen LogP contribution in [0.2, 0.25) is 0 Å². The first-order valence-electron chi connectivity index (χ1n) is 8.74. The quantitative estimate of drug-likeness (QED) is 0.544. The van der Waals surface area contributed by atoms with E-state index in [4.69, 9.17) is 9.40 Å². The van der Waals surface area contributed by atoms with Crippen LogP contribution in [0, 0.1) is 20.8 Å². The van der Waals surface area contributed by atoms with Crippen LogP contribution in [0.15, 0.2) is 65.6 Å². The lowest BCUT2D eigenvalue weighted by molar-refractivity contribution is 0.592. The number of nitrogens with zero attached hydrogens (tertiary/aromatic N) is 1. The van der Waals surface area contributed by atoms with Crippen molar-refractivity contribution in [2.24, 2.45) is 0 Å². The van der Waals surface area contributed by atoms with Gasteiger partial charge in [-0.05, 0) is 56.5 Å². The first-order chi connectivity index (χ1) is 12.5. The number of nitrogens with one attached hydrogen (secondary N) is 1. The van der Waals surface area contributed by atoms with Crippen molar-refractivity contribution >= 4 is 5.57 Å². The van der Waals surface area contributed by atoms with E-state index >= 15 is 0 Å². The number of allylic oxidation sites excluding steroid dienone is 5. The average molecular weight is 344 g/mol. The molecule has 0 saturated carbocycles. The van der Waals surface area contributed by atoms with Crippen LogP contribution in [0.3, 0.4) is 0 Å². The van der Waals surface area contributed by atoms with Crippen molar-refractivity contribution in [1.82, 2.24) is 9.97 Å². The average Bonchev–Trinajstić information content (AvgIpc) is 3.23. The predicted molar refractivity (Wildman–Crippen MR) is 109 cm³/mol. The molecule has 3 rings (SSSR count). The molecule has 0 amide bonds. The molecule has 2 heterocycles. The topological polar surface area (TPSA) is 41.8 Å². The molecule has 3 heteroatoms. The summed E-state index contributed by atoms with van der Waals surface area (Å²) in [6.45, 7) is 11.9. The van der Waals surface area contributed by atoms with Gasteiger partial charge < -0.3 is 9.40 Å². The lowest BCUT2D eigenvalue weighted by atomic mass is 10.0. The molecular weight excluding hydrogens is 320 g/mol. The third-order valence-corrected chi connectivity index (χ3v) is 4.45.